The molecule has 1 fully saturated rings. The van der Waals surface area contributed by atoms with Gasteiger partial charge < -0.3 is 4.74 Å². The first-order chi connectivity index (χ1) is 7.29. The van der Waals surface area contributed by atoms with Crippen molar-refractivity contribution in [3.63, 3.8) is 0 Å². The molecule has 4 heteroatoms. The van der Waals surface area contributed by atoms with Gasteiger partial charge in [0.15, 0.2) is 5.78 Å². The van der Waals surface area contributed by atoms with Crippen molar-refractivity contribution in [2.75, 3.05) is 7.11 Å². The third-order valence-corrected chi connectivity index (χ3v) is 2.84. The first-order valence-corrected chi connectivity index (χ1v) is 5.19. The zero-order valence-corrected chi connectivity index (χ0v) is 8.77. The highest BCUT2D eigenvalue weighted by atomic mass is 16.5. The Morgan fingerprint density at radius 1 is 1.53 bits per heavy atom. The minimum absolute atomic E-state index is 0.0976. The van der Waals surface area contributed by atoms with E-state index in [0.29, 0.717) is 23.9 Å². The van der Waals surface area contributed by atoms with Crippen LogP contribution < -0.4 is 4.74 Å². The summed E-state index contributed by atoms with van der Waals surface area (Å²) in [6.45, 7) is 0. The summed E-state index contributed by atoms with van der Waals surface area (Å²) in [6, 6.07) is 1.60. The SMILES string of the molecule is COc1cc(C(=O)CC2CCC2)ncn1. The molecule has 0 amide bonds. The van der Waals surface area contributed by atoms with Crippen LogP contribution in [0.4, 0.5) is 0 Å². The number of carbonyl (C=O) groups excluding carboxylic acids is 1. The Morgan fingerprint density at radius 3 is 2.93 bits per heavy atom. The van der Waals surface area contributed by atoms with Crippen molar-refractivity contribution in [1.29, 1.82) is 0 Å². The van der Waals surface area contributed by atoms with Crippen molar-refractivity contribution in [3.8, 4) is 5.88 Å². The van der Waals surface area contributed by atoms with Gasteiger partial charge in [0, 0.05) is 12.5 Å². The topological polar surface area (TPSA) is 52.1 Å². The summed E-state index contributed by atoms with van der Waals surface area (Å²) in [5, 5.41) is 0. The minimum Gasteiger partial charge on any atom is -0.481 e. The fourth-order valence-corrected chi connectivity index (χ4v) is 1.67. The van der Waals surface area contributed by atoms with Crippen molar-refractivity contribution in [2.24, 2.45) is 5.92 Å². The van der Waals surface area contributed by atoms with Gasteiger partial charge in [-0.25, -0.2) is 9.97 Å². The van der Waals surface area contributed by atoms with E-state index >= 15 is 0 Å². The predicted molar refractivity (Wildman–Crippen MR) is 54.9 cm³/mol. The predicted octanol–water partition coefficient (Wildman–Crippen LogP) is 1.86. The van der Waals surface area contributed by atoms with Gasteiger partial charge in [0.25, 0.3) is 0 Å². The highest BCUT2D eigenvalue weighted by Crippen LogP contribution is 2.30. The molecule has 1 aliphatic rings. The lowest BCUT2D eigenvalue weighted by atomic mass is 9.81. The van der Waals surface area contributed by atoms with Crippen LogP contribution in [-0.2, 0) is 0 Å². The number of hydrogen-bond donors (Lipinski definition) is 0. The highest BCUT2D eigenvalue weighted by molar-refractivity contribution is 5.94. The lowest BCUT2D eigenvalue weighted by Crippen LogP contribution is -2.16. The van der Waals surface area contributed by atoms with Gasteiger partial charge in [0.2, 0.25) is 5.88 Å². The molecule has 2 rings (SSSR count). The summed E-state index contributed by atoms with van der Waals surface area (Å²) in [7, 11) is 1.53. The van der Waals surface area contributed by atoms with Crippen LogP contribution in [0.1, 0.15) is 36.2 Å². The molecule has 1 aromatic rings. The molecule has 4 nitrogen and oxygen atoms in total. The van der Waals surface area contributed by atoms with E-state index in [1.165, 1.54) is 32.7 Å². The number of carbonyl (C=O) groups is 1. The maximum atomic E-state index is 11.8. The molecule has 0 unspecified atom stereocenters. The minimum atomic E-state index is 0.0976. The van der Waals surface area contributed by atoms with E-state index in [2.05, 4.69) is 9.97 Å². The van der Waals surface area contributed by atoms with Gasteiger partial charge >= 0.3 is 0 Å². The lowest BCUT2D eigenvalue weighted by molar-refractivity contribution is 0.0931. The number of aromatic nitrogens is 2. The van der Waals surface area contributed by atoms with E-state index in [-0.39, 0.29) is 5.78 Å². The van der Waals surface area contributed by atoms with Crippen molar-refractivity contribution < 1.29 is 9.53 Å². The fourth-order valence-electron chi connectivity index (χ4n) is 1.67. The van der Waals surface area contributed by atoms with Gasteiger partial charge in [-0.1, -0.05) is 19.3 Å². The van der Waals surface area contributed by atoms with Crippen molar-refractivity contribution in [2.45, 2.75) is 25.7 Å². The van der Waals surface area contributed by atoms with Crippen molar-refractivity contribution in [1.82, 2.24) is 9.97 Å². The van der Waals surface area contributed by atoms with E-state index in [0.717, 1.165) is 0 Å². The Morgan fingerprint density at radius 2 is 2.33 bits per heavy atom. The maximum absolute atomic E-state index is 11.8. The molecule has 0 bridgehead atoms. The summed E-state index contributed by atoms with van der Waals surface area (Å²) in [5.41, 5.74) is 0.466. The average Bonchev–Trinajstić information content (AvgIpc) is 2.23. The molecule has 1 saturated carbocycles. The van der Waals surface area contributed by atoms with Crippen LogP contribution in [0.2, 0.25) is 0 Å². The normalized spacial score (nSPS) is 15.8. The summed E-state index contributed by atoms with van der Waals surface area (Å²) >= 11 is 0. The van der Waals surface area contributed by atoms with Gasteiger partial charge in [-0.05, 0) is 5.92 Å². The number of ether oxygens (including phenoxy) is 1. The van der Waals surface area contributed by atoms with E-state index in [4.69, 9.17) is 4.74 Å². The van der Waals surface area contributed by atoms with Gasteiger partial charge in [0.05, 0.1) is 7.11 Å². The van der Waals surface area contributed by atoms with Gasteiger partial charge in [-0.2, -0.15) is 0 Å². The van der Waals surface area contributed by atoms with E-state index in [1.807, 2.05) is 0 Å². The quantitative estimate of drug-likeness (QED) is 0.705. The molecule has 0 N–H and O–H groups in total. The summed E-state index contributed by atoms with van der Waals surface area (Å²) in [4.78, 5) is 19.6. The van der Waals surface area contributed by atoms with Crippen LogP contribution in [0.3, 0.4) is 0 Å². The second-order valence-electron chi connectivity index (χ2n) is 3.87. The molecule has 80 valence electrons. The van der Waals surface area contributed by atoms with E-state index in [9.17, 15) is 4.79 Å². The van der Waals surface area contributed by atoms with E-state index in [1.54, 1.807) is 6.07 Å². The summed E-state index contributed by atoms with van der Waals surface area (Å²) in [6.07, 6.45) is 5.58. The molecule has 1 heterocycles. The second-order valence-corrected chi connectivity index (χ2v) is 3.87. The third-order valence-electron chi connectivity index (χ3n) is 2.84. The zero-order chi connectivity index (χ0) is 10.7. The van der Waals surface area contributed by atoms with Crippen LogP contribution in [0.5, 0.6) is 5.88 Å². The van der Waals surface area contributed by atoms with Gasteiger partial charge in [-0.3, -0.25) is 4.79 Å². The highest BCUT2D eigenvalue weighted by Gasteiger charge is 2.22. The number of ketones is 1. The maximum Gasteiger partial charge on any atom is 0.216 e. The number of hydrogen-bond acceptors (Lipinski definition) is 4. The molecule has 0 atom stereocenters. The summed E-state index contributed by atoms with van der Waals surface area (Å²) in [5.74, 6) is 1.11. The molecule has 15 heavy (non-hydrogen) atoms. The molecule has 1 aromatic heterocycles. The van der Waals surface area contributed by atoms with Crippen LogP contribution in [0.15, 0.2) is 12.4 Å². The number of nitrogens with zero attached hydrogens (tertiary/aromatic N) is 2. The molecular weight excluding hydrogens is 192 g/mol. The first-order valence-electron chi connectivity index (χ1n) is 5.19. The lowest BCUT2D eigenvalue weighted by Gasteiger charge is -2.24. The Kier molecular flexibility index (Phi) is 2.94. The van der Waals surface area contributed by atoms with Gasteiger partial charge in [0.1, 0.15) is 12.0 Å². The number of methoxy groups -OCH3 is 1. The zero-order valence-electron chi connectivity index (χ0n) is 8.77. The van der Waals surface area contributed by atoms with Crippen LogP contribution >= 0.6 is 0 Å². The molecule has 0 saturated heterocycles. The standard InChI is InChI=1S/C11H14N2O2/c1-15-11-6-9(12-7-13-11)10(14)5-8-3-2-4-8/h6-8H,2-5H2,1H3. The Balaban J connectivity index is 2.03. The first kappa shape index (κ1) is 10.1. The van der Waals surface area contributed by atoms with Crippen molar-refractivity contribution >= 4 is 5.78 Å². The Hall–Kier alpha value is -1.45. The molecule has 0 spiro atoms. The third kappa shape index (κ3) is 2.32. The largest absolute Gasteiger partial charge is 0.481 e. The molecular formula is C11H14N2O2. The van der Waals surface area contributed by atoms with E-state index < -0.39 is 0 Å². The van der Waals surface area contributed by atoms with Crippen LogP contribution in [0, 0.1) is 5.92 Å². The second kappa shape index (κ2) is 4.38. The number of Topliss-reactive ketones (excluding diaryl/α,β-unsaturated/α-hetero) is 1. The van der Waals surface area contributed by atoms with Crippen molar-refractivity contribution in [3.05, 3.63) is 18.1 Å². The van der Waals surface area contributed by atoms with Crippen LogP contribution in [0.25, 0.3) is 0 Å². The molecule has 0 radical (unpaired) electrons. The fraction of sp³-hybridized carbons (Fsp3) is 0.545. The number of rotatable bonds is 4. The Labute approximate surface area is 88.7 Å². The average molecular weight is 206 g/mol. The Bertz CT molecular complexity index is 361. The molecule has 1 aliphatic carbocycles. The monoisotopic (exact) mass is 206 g/mol. The summed E-state index contributed by atoms with van der Waals surface area (Å²) < 4.78 is 4.95. The van der Waals surface area contributed by atoms with Gasteiger partial charge in [-0.15, -0.1) is 0 Å². The smallest absolute Gasteiger partial charge is 0.216 e. The van der Waals surface area contributed by atoms with Crippen LogP contribution in [-0.4, -0.2) is 22.9 Å². The molecule has 0 aliphatic heterocycles. The molecule has 0 aromatic carbocycles.